The summed E-state index contributed by atoms with van der Waals surface area (Å²) < 4.78 is 5.56. The number of nitrogens with one attached hydrogen (secondary N) is 1. The van der Waals surface area contributed by atoms with E-state index < -0.39 is 12.0 Å². The number of ether oxygens (including phenoxy) is 1. The Morgan fingerprint density at radius 1 is 1.08 bits per heavy atom. The maximum atomic E-state index is 12.0. The maximum Gasteiger partial charge on any atom is 0.326 e. The molecule has 2 N–H and O–H groups in total. The molecule has 132 valence electrons. The van der Waals surface area contributed by atoms with E-state index in [-0.39, 0.29) is 18.7 Å². The molecule has 1 unspecified atom stereocenters. The average molecular weight is 341 g/mol. The van der Waals surface area contributed by atoms with Crippen LogP contribution in [0.25, 0.3) is 0 Å². The molecule has 1 amide bonds. The van der Waals surface area contributed by atoms with Crippen LogP contribution < -0.4 is 10.1 Å². The first-order valence-corrected chi connectivity index (χ1v) is 8.30. The van der Waals surface area contributed by atoms with Gasteiger partial charge in [0, 0.05) is 12.8 Å². The Balaban J connectivity index is 1.73. The van der Waals surface area contributed by atoms with Crippen LogP contribution in [0.15, 0.2) is 54.6 Å². The molecule has 0 aliphatic heterocycles. The molecule has 0 radical (unpaired) electrons. The molecule has 0 saturated heterocycles. The number of carbonyl (C=O) groups excluding carboxylic acids is 1. The summed E-state index contributed by atoms with van der Waals surface area (Å²) in [6, 6.07) is 16.0. The van der Waals surface area contributed by atoms with Gasteiger partial charge >= 0.3 is 5.97 Å². The lowest BCUT2D eigenvalue weighted by atomic mass is 10.1. The van der Waals surface area contributed by atoms with E-state index in [0.717, 1.165) is 16.9 Å². The Morgan fingerprint density at radius 2 is 1.76 bits per heavy atom. The van der Waals surface area contributed by atoms with Gasteiger partial charge in [-0.3, -0.25) is 4.79 Å². The van der Waals surface area contributed by atoms with Gasteiger partial charge in [0.05, 0.1) is 6.61 Å². The van der Waals surface area contributed by atoms with Gasteiger partial charge in [-0.05, 0) is 31.0 Å². The van der Waals surface area contributed by atoms with Crippen molar-refractivity contribution in [1.29, 1.82) is 0 Å². The van der Waals surface area contributed by atoms with Gasteiger partial charge in [0.2, 0.25) is 5.91 Å². The summed E-state index contributed by atoms with van der Waals surface area (Å²) in [5.74, 6) is -0.553. The van der Waals surface area contributed by atoms with Gasteiger partial charge in [0.25, 0.3) is 0 Å². The molecule has 0 saturated carbocycles. The number of hydrogen-bond donors (Lipinski definition) is 2. The van der Waals surface area contributed by atoms with Gasteiger partial charge in [0.1, 0.15) is 11.8 Å². The summed E-state index contributed by atoms with van der Waals surface area (Å²) in [6.45, 7) is 2.41. The van der Waals surface area contributed by atoms with Crippen molar-refractivity contribution >= 4 is 11.9 Å². The monoisotopic (exact) mass is 341 g/mol. The third-order valence-electron chi connectivity index (χ3n) is 3.75. The molecule has 2 aromatic carbocycles. The van der Waals surface area contributed by atoms with Crippen LogP contribution in [-0.4, -0.2) is 29.6 Å². The van der Waals surface area contributed by atoms with Gasteiger partial charge in [-0.2, -0.15) is 0 Å². The summed E-state index contributed by atoms with van der Waals surface area (Å²) >= 11 is 0. The van der Waals surface area contributed by atoms with Crippen molar-refractivity contribution in [2.24, 2.45) is 0 Å². The van der Waals surface area contributed by atoms with E-state index in [4.69, 9.17) is 4.74 Å². The highest BCUT2D eigenvalue weighted by Crippen LogP contribution is 2.12. The van der Waals surface area contributed by atoms with Crippen LogP contribution >= 0.6 is 0 Å². The molecule has 25 heavy (non-hydrogen) atoms. The quantitative estimate of drug-likeness (QED) is 0.688. The van der Waals surface area contributed by atoms with Gasteiger partial charge in [-0.25, -0.2) is 4.79 Å². The number of aliphatic carboxylic acids is 1. The lowest BCUT2D eigenvalue weighted by Crippen LogP contribution is -2.42. The van der Waals surface area contributed by atoms with Crippen LogP contribution in [0.2, 0.25) is 0 Å². The Hall–Kier alpha value is -2.82. The van der Waals surface area contributed by atoms with Crippen molar-refractivity contribution in [2.45, 2.75) is 32.2 Å². The van der Waals surface area contributed by atoms with Gasteiger partial charge < -0.3 is 15.2 Å². The molecule has 0 aliphatic carbocycles. The lowest BCUT2D eigenvalue weighted by Gasteiger charge is -2.14. The lowest BCUT2D eigenvalue weighted by molar-refractivity contribution is -0.141. The summed E-state index contributed by atoms with van der Waals surface area (Å²) in [4.78, 5) is 23.3. The number of benzene rings is 2. The van der Waals surface area contributed by atoms with Crippen molar-refractivity contribution < 1.29 is 19.4 Å². The molecule has 0 spiro atoms. The molecule has 5 nitrogen and oxygen atoms in total. The van der Waals surface area contributed by atoms with Crippen LogP contribution in [-0.2, 0) is 16.0 Å². The summed E-state index contributed by atoms with van der Waals surface area (Å²) in [7, 11) is 0. The van der Waals surface area contributed by atoms with Gasteiger partial charge in [-0.15, -0.1) is 0 Å². The van der Waals surface area contributed by atoms with Crippen molar-refractivity contribution in [3.63, 3.8) is 0 Å². The number of carboxylic acids is 1. The number of carboxylic acid groups (broad SMARTS) is 1. The van der Waals surface area contributed by atoms with Crippen LogP contribution in [0.3, 0.4) is 0 Å². The molecule has 2 aromatic rings. The summed E-state index contributed by atoms with van der Waals surface area (Å²) in [5, 5.41) is 11.9. The van der Waals surface area contributed by atoms with Crippen molar-refractivity contribution in [1.82, 2.24) is 5.32 Å². The Bertz CT molecular complexity index is 683. The number of aryl methyl sites for hydroxylation is 1. The van der Waals surface area contributed by atoms with Crippen molar-refractivity contribution in [3.8, 4) is 5.75 Å². The Labute approximate surface area is 147 Å². The molecule has 0 aliphatic rings. The van der Waals surface area contributed by atoms with Crippen LogP contribution in [0.1, 0.15) is 24.0 Å². The van der Waals surface area contributed by atoms with E-state index >= 15 is 0 Å². The molecule has 2 rings (SSSR count). The number of hydrogen-bond acceptors (Lipinski definition) is 3. The fraction of sp³-hybridized carbons (Fsp3) is 0.300. The maximum absolute atomic E-state index is 12.0. The average Bonchev–Trinajstić information content (AvgIpc) is 2.60. The first-order chi connectivity index (χ1) is 12.0. The molecule has 0 fully saturated rings. The highest BCUT2D eigenvalue weighted by molar-refractivity contribution is 5.83. The third kappa shape index (κ3) is 6.67. The first kappa shape index (κ1) is 18.5. The van der Waals surface area contributed by atoms with Gasteiger partial charge in [0.15, 0.2) is 0 Å². The Morgan fingerprint density at radius 3 is 2.40 bits per heavy atom. The van der Waals surface area contributed by atoms with Crippen LogP contribution in [0.5, 0.6) is 5.75 Å². The van der Waals surface area contributed by atoms with E-state index in [2.05, 4.69) is 5.32 Å². The van der Waals surface area contributed by atoms with Gasteiger partial charge in [-0.1, -0.05) is 48.0 Å². The summed E-state index contributed by atoms with van der Waals surface area (Å²) in [5.41, 5.74) is 2.03. The molecule has 0 bridgehead atoms. The fourth-order valence-electron chi connectivity index (χ4n) is 2.37. The molecular weight excluding hydrogens is 318 g/mol. The molecule has 0 aromatic heterocycles. The van der Waals surface area contributed by atoms with E-state index in [9.17, 15) is 14.7 Å². The van der Waals surface area contributed by atoms with E-state index in [1.54, 1.807) is 0 Å². The predicted molar refractivity (Wildman–Crippen MR) is 95.6 cm³/mol. The SMILES string of the molecule is Cc1ccc(OCCCC(=O)NC(Cc2ccccc2)C(=O)O)cc1. The second-order valence-corrected chi connectivity index (χ2v) is 5.91. The smallest absolute Gasteiger partial charge is 0.326 e. The Kier molecular flexibility index (Phi) is 7.01. The largest absolute Gasteiger partial charge is 0.494 e. The second kappa shape index (κ2) is 9.47. The number of carbonyl (C=O) groups is 2. The third-order valence-corrected chi connectivity index (χ3v) is 3.75. The fourth-order valence-corrected chi connectivity index (χ4v) is 2.37. The second-order valence-electron chi connectivity index (χ2n) is 5.91. The van der Waals surface area contributed by atoms with E-state index in [1.165, 1.54) is 0 Å². The number of rotatable bonds is 9. The normalized spacial score (nSPS) is 11.6. The van der Waals surface area contributed by atoms with E-state index in [0.29, 0.717) is 13.0 Å². The highest BCUT2D eigenvalue weighted by atomic mass is 16.5. The topological polar surface area (TPSA) is 75.6 Å². The van der Waals surface area contributed by atoms with Crippen LogP contribution in [0.4, 0.5) is 0 Å². The van der Waals surface area contributed by atoms with Crippen molar-refractivity contribution in [3.05, 3.63) is 65.7 Å². The van der Waals surface area contributed by atoms with Crippen LogP contribution in [0, 0.1) is 6.92 Å². The standard InChI is InChI=1S/C20H23NO4/c1-15-9-11-17(12-10-15)25-13-5-8-19(22)21-18(20(23)24)14-16-6-3-2-4-7-16/h2-4,6-7,9-12,18H,5,8,13-14H2,1H3,(H,21,22)(H,23,24). The highest BCUT2D eigenvalue weighted by Gasteiger charge is 2.20. The zero-order valence-corrected chi connectivity index (χ0v) is 14.3. The predicted octanol–water partition coefficient (Wildman–Crippen LogP) is 2.97. The van der Waals surface area contributed by atoms with Crippen molar-refractivity contribution in [2.75, 3.05) is 6.61 Å². The molecule has 1 atom stereocenters. The minimum atomic E-state index is -1.03. The first-order valence-electron chi connectivity index (χ1n) is 8.30. The molecule has 0 heterocycles. The zero-order valence-electron chi connectivity index (χ0n) is 14.3. The summed E-state index contributed by atoms with van der Waals surface area (Å²) in [6.07, 6.45) is 1.02. The minimum Gasteiger partial charge on any atom is -0.494 e. The van der Waals surface area contributed by atoms with E-state index in [1.807, 2.05) is 61.5 Å². The minimum absolute atomic E-state index is 0.227. The molecule has 5 heteroatoms. The number of amides is 1. The zero-order chi connectivity index (χ0) is 18.1. The molecular formula is C20H23NO4.